The van der Waals surface area contributed by atoms with Gasteiger partial charge in [0.15, 0.2) is 0 Å². The average Bonchev–Trinajstić information content (AvgIpc) is 3.16. The van der Waals surface area contributed by atoms with Crippen LogP contribution >= 0.6 is 11.8 Å². The molecule has 0 aliphatic carbocycles. The zero-order valence-corrected chi connectivity index (χ0v) is 17.6. The van der Waals surface area contributed by atoms with E-state index in [0.717, 1.165) is 28.6 Å². The Morgan fingerprint density at radius 3 is 2.67 bits per heavy atom. The summed E-state index contributed by atoms with van der Waals surface area (Å²) < 4.78 is 5.51. The first-order valence-electron chi connectivity index (χ1n) is 9.13. The minimum Gasteiger partial charge on any atom is -0.414 e. The first-order chi connectivity index (χ1) is 14.3. The molecule has 2 N–H and O–H groups in total. The zero-order valence-electron chi connectivity index (χ0n) is 16.8. The number of carbonyl (C=O) groups excluding carboxylic acids is 1. The van der Waals surface area contributed by atoms with Crippen molar-refractivity contribution in [3.63, 3.8) is 0 Å². The highest BCUT2D eigenvalue weighted by Gasteiger charge is 2.13. The van der Waals surface area contributed by atoms with Gasteiger partial charge in [0.2, 0.25) is 11.8 Å². The maximum atomic E-state index is 12.2. The standard InChI is InChI=1S/C20H21N5O4S/c1-12-4-5-13(2)16(8-12)22-18(26)11-30-20-24-23-19(29-20)10-21-15-7-6-14(3)17(9-15)25(27)28/h4-9,21H,10-11H2,1-3H3,(H,22,26). The molecule has 1 aromatic heterocycles. The van der Waals surface area contributed by atoms with Crippen molar-refractivity contribution in [3.8, 4) is 0 Å². The third-order valence-corrected chi connectivity index (χ3v) is 5.11. The number of rotatable bonds is 8. The third-order valence-electron chi connectivity index (χ3n) is 4.29. The van der Waals surface area contributed by atoms with Crippen LogP contribution in [0.5, 0.6) is 0 Å². The number of anilines is 2. The fraction of sp³-hybridized carbons (Fsp3) is 0.250. The molecule has 0 saturated carbocycles. The summed E-state index contributed by atoms with van der Waals surface area (Å²) in [6, 6.07) is 10.7. The smallest absolute Gasteiger partial charge is 0.277 e. The second-order valence-electron chi connectivity index (χ2n) is 6.73. The van der Waals surface area contributed by atoms with E-state index in [0.29, 0.717) is 17.1 Å². The van der Waals surface area contributed by atoms with E-state index < -0.39 is 4.92 Å². The molecule has 9 nitrogen and oxygen atoms in total. The molecule has 1 heterocycles. The van der Waals surface area contributed by atoms with Gasteiger partial charge in [-0.1, -0.05) is 30.0 Å². The Hall–Kier alpha value is -3.40. The van der Waals surface area contributed by atoms with E-state index in [1.54, 1.807) is 19.1 Å². The van der Waals surface area contributed by atoms with E-state index in [9.17, 15) is 14.9 Å². The van der Waals surface area contributed by atoms with E-state index >= 15 is 0 Å². The van der Waals surface area contributed by atoms with Crippen molar-refractivity contribution >= 4 is 34.7 Å². The summed E-state index contributed by atoms with van der Waals surface area (Å²) in [5, 5.41) is 25.0. The summed E-state index contributed by atoms with van der Waals surface area (Å²) in [5.74, 6) is 0.279. The molecule has 0 aliphatic heterocycles. The van der Waals surface area contributed by atoms with Crippen LogP contribution < -0.4 is 10.6 Å². The number of amides is 1. The number of benzene rings is 2. The monoisotopic (exact) mass is 427 g/mol. The van der Waals surface area contributed by atoms with Crippen LogP contribution in [-0.4, -0.2) is 26.8 Å². The van der Waals surface area contributed by atoms with Crippen LogP contribution in [0.25, 0.3) is 0 Å². The van der Waals surface area contributed by atoms with Gasteiger partial charge in [-0.05, 0) is 44.0 Å². The lowest BCUT2D eigenvalue weighted by molar-refractivity contribution is -0.385. The highest BCUT2D eigenvalue weighted by atomic mass is 32.2. The van der Waals surface area contributed by atoms with Crippen molar-refractivity contribution in [1.29, 1.82) is 0 Å². The number of nitro groups is 1. The molecule has 30 heavy (non-hydrogen) atoms. The molecule has 0 aliphatic rings. The van der Waals surface area contributed by atoms with E-state index in [-0.39, 0.29) is 29.1 Å². The van der Waals surface area contributed by atoms with Gasteiger partial charge in [-0.2, -0.15) is 0 Å². The molecule has 0 unspecified atom stereocenters. The maximum absolute atomic E-state index is 12.2. The number of hydrogen-bond acceptors (Lipinski definition) is 8. The topological polar surface area (TPSA) is 123 Å². The summed E-state index contributed by atoms with van der Waals surface area (Å²) in [6.45, 7) is 5.79. The lowest BCUT2D eigenvalue weighted by Crippen LogP contribution is -2.14. The molecule has 0 radical (unpaired) electrons. The van der Waals surface area contributed by atoms with Crippen LogP contribution in [0.15, 0.2) is 46.0 Å². The lowest BCUT2D eigenvalue weighted by atomic mass is 10.1. The second kappa shape index (κ2) is 9.40. The Balaban J connectivity index is 1.51. The maximum Gasteiger partial charge on any atom is 0.277 e. The van der Waals surface area contributed by atoms with Crippen molar-refractivity contribution in [1.82, 2.24) is 10.2 Å². The van der Waals surface area contributed by atoms with Gasteiger partial charge in [0.05, 0.1) is 17.2 Å². The predicted molar refractivity (Wildman–Crippen MR) is 115 cm³/mol. The van der Waals surface area contributed by atoms with Gasteiger partial charge in [-0.15, -0.1) is 10.2 Å². The van der Waals surface area contributed by atoms with Gasteiger partial charge in [0.1, 0.15) is 0 Å². The van der Waals surface area contributed by atoms with Gasteiger partial charge in [0, 0.05) is 23.0 Å². The number of hydrogen-bond donors (Lipinski definition) is 2. The number of nitrogens with one attached hydrogen (secondary N) is 2. The van der Waals surface area contributed by atoms with Crippen molar-refractivity contribution in [3.05, 3.63) is 69.1 Å². The quantitative estimate of drug-likeness (QED) is 0.311. The fourth-order valence-electron chi connectivity index (χ4n) is 2.65. The number of aromatic nitrogens is 2. The highest BCUT2D eigenvalue weighted by molar-refractivity contribution is 7.99. The summed E-state index contributed by atoms with van der Waals surface area (Å²) in [7, 11) is 0. The Bertz CT molecular complexity index is 1080. The molecule has 2 aromatic carbocycles. The summed E-state index contributed by atoms with van der Waals surface area (Å²) >= 11 is 1.14. The minimum atomic E-state index is -0.425. The van der Waals surface area contributed by atoms with Gasteiger partial charge < -0.3 is 15.1 Å². The van der Waals surface area contributed by atoms with Crippen molar-refractivity contribution in [2.75, 3.05) is 16.4 Å². The molecule has 0 spiro atoms. The van der Waals surface area contributed by atoms with Gasteiger partial charge in [-0.25, -0.2) is 0 Å². The second-order valence-corrected chi connectivity index (χ2v) is 7.66. The number of nitro benzene ring substituents is 1. The predicted octanol–water partition coefficient (Wildman–Crippen LogP) is 4.25. The first kappa shape index (κ1) is 21.3. The number of carbonyl (C=O) groups is 1. The molecule has 156 valence electrons. The molecule has 10 heteroatoms. The van der Waals surface area contributed by atoms with Gasteiger partial charge in [0.25, 0.3) is 10.9 Å². The van der Waals surface area contributed by atoms with E-state index in [4.69, 9.17) is 4.42 Å². The third kappa shape index (κ3) is 5.57. The van der Waals surface area contributed by atoms with Gasteiger partial charge in [-0.3, -0.25) is 14.9 Å². The zero-order chi connectivity index (χ0) is 21.7. The molecular weight excluding hydrogens is 406 g/mol. The Morgan fingerprint density at radius 2 is 1.90 bits per heavy atom. The molecule has 0 saturated heterocycles. The van der Waals surface area contributed by atoms with E-state index in [2.05, 4.69) is 20.8 Å². The van der Waals surface area contributed by atoms with Crippen LogP contribution in [0, 0.1) is 30.9 Å². The molecule has 3 rings (SSSR count). The first-order valence-corrected chi connectivity index (χ1v) is 10.1. The Kier molecular flexibility index (Phi) is 6.68. The van der Waals surface area contributed by atoms with E-state index in [1.165, 1.54) is 6.07 Å². The van der Waals surface area contributed by atoms with Gasteiger partial charge >= 0.3 is 0 Å². The molecule has 3 aromatic rings. The normalized spacial score (nSPS) is 10.6. The lowest BCUT2D eigenvalue weighted by Gasteiger charge is -2.08. The number of thioether (sulfide) groups is 1. The Morgan fingerprint density at radius 1 is 1.13 bits per heavy atom. The number of aryl methyl sites for hydroxylation is 3. The SMILES string of the molecule is Cc1ccc(C)c(NC(=O)CSc2nnc(CNc3ccc(C)c([N+](=O)[O-])c3)o2)c1. The van der Waals surface area contributed by atoms with Crippen LogP contribution in [0.2, 0.25) is 0 Å². The fourth-order valence-corrected chi connectivity index (χ4v) is 3.23. The van der Waals surface area contributed by atoms with Crippen LogP contribution in [0.1, 0.15) is 22.6 Å². The average molecular weight is 427 g/mol. The molecule has 1 amide bonds. The van der Waals surface area contributed by atoms with Crippen LogP contribution in [0.3, 0.4) is 0 Å². The molecule has 0 fully saturated rings. The van der Waals surface area contributed by atoms with Crippen molar-refractivity contribution in [2.24, 2.45) is 0 Å². The summed E-state index contributed by atoms with van der Waals surface area (Å²) in [4.78, 5) is 22.8. The summed E-state index contributed by atoms with van der Waals surface area (Å²) in [5.41, 5.74) is 4.03. The largest absolute Gasteiger partial charge is 0.414 e. The van der Waals surface area contributed by atoms with E-state index in [1.807, 2.05) is 32.0 Å². The highest BCUT2D eigenvalue weighted by Crippen LogP contribution is 2.23. The van der Waals surface area contributed by atoms with Crippen LogP contribution in [0.4, 0.5) is 17.1 Å². The molecule has 0 atom stereocenters. The van der Waals surface area contributed by atoms with Crippen LogP contribution in [-0.2, 0) is 11.3 Å². The number of nitrogens with zero attached hydrogens (tertiary/aromatic N) is 3. The van der Waals surface area contributed by atoms with Crippen molar-refractivity contribution < 1.29 is 14.1 Å². The molecular formula is C20H21N5O4S. The van der Waals surface area contributed by atoms with Crippen molar-refractivity contribution in [2.45, 2.75) is 32.5 Å². The summed E-state index contributed by atoms with van der Waals surface area (Å²) in [6.07, 6.45) is 0. The Labute approximate surface area is 177 Å². The molecule has 0 bridgehead atoms. The minimum absolute atomic E-state index is 0.0385.